The van der Waals surface area contributed by atoms with E-state index in [9.17, 15) is 10.1 Å². The summed E-state index contributed by atoms with van der Waals surface area (Å²) in [5.41, 5.74) is 2.69. The van der Waals surface area contributed by atoms with E-state index in [2.05, 4.69) is 70.3 Å². The Morgan fingerprint density at radius 3 is 2.61 bits per heavy atom. The number of benzene rings is 2. The average molecular weight is 598 g/mol. The molecule has 0 aliphatic carbocycles. The highest BCUT2D eigenvalue weighted by molar-refractivity contribution is 5.94. The molecule has 0 saturated carbocycles. The number of nitriles is 1. The maximum absolute atomic E-state index is 13.0. The summed E-state index contributed by atoms with van der Waals surface area (Å²) >= 11 is 0. The highest BCUT2D eigenvalue weighted by Crippen LogP contribution is 2.35. The zero-order chi connectivity index (χ0) is 30.8. The quantitative estimate of drug-likeness (QED) is 0.395. The van der Waals surface area contributed by atoms with Crippen LogP contribution in [-0.2, 0) is 17.7 Å². The van der Waals surface area contributed by atoms with Crippen molar-refractivity contribution in [3.05, 3.63) is 53.7 Å². The molecule has 3 aliphatic rings. The van der Waals surface area contributed by atoms with E-state index < -0.39 is 5.60 Å². The van der Waals surface area contributed by atoms with Crippen molar-refractivity contribution in [2.24, 2.45) is 5.92 Å². The van der Waals surface area contributed by atoms with Gasteiger partial charge < -0.3 is 29.1 Å². The Morgan fingerprint density at radius 2 is 1.84 bits per heavy atom. The molecule has 3 aliphatic heterocycles. The highest BCUT2D eigenvalue weighted by atomic mass is 16.6. The second-order valence-corrected chi connectivity index (χ2v) is 13.3. The molecule has 2 atom stereocenters. The summed E-state index contributed by atoms with van der Waals surface area (Å²) < 4.78 is 12.0. The maximum atomic E-state index is 13.0. The first-order chi connectivity index (χ1) is 21.2. The van der Waals surface area contributed by atoms with Crippen molar-refractivity contribution in [3.63, 3.8) is 0 Å². The Labute approximate surface area is 260 Å². The third-order valence-corrected chi connectivity index (χ3v) is 8.80. The van der Waals surface area contributed by atoms with Crippen LogP contribution >= 0.6 is 0 Å². The summed E-state index contributed by atoms with van der Waals surface area (Å²) in [6.07, 6.45) is 1.73. The molecule has 4 heterocycles. The second-order valence-electron chi connectivity index (χ2n) is 13.3. The van der Waals surface area contributed by atoms with Crippen molar-refractivity contribution < 1.29 is 14.3 Å². The number of fused-ring (bicyclic) bond motifs is 2. The monoisotopic (exact) mass is 597 g/mol. The second kappa shape index (κ2) is 12.5. The van der Waals surface area contributed by atoms with Crippen molar-refractivity contribution in [1.82, 2.24) is 19.8 Å². The fraction of sp³-hybridized carbons (Fsp3) is 0.529. The van der Waals surface area contributed by atoms with Gasteiger partial charge in [0.15, 0.2) is 0 Å². The Hall–Kier alpha value is -4.10. The smallest absolute Gasteiger partial charge is 0.410 e. The number of ether oxygens (including phenoxy) is 2. The number of carbonyl (C=O) groups is 1. The third kappa shape index (κ3) is 6.53. The lowest BCUT2D eigenvalue weighted by Gasteiger charge is -2.42. The van der Waals surface area contributed by atoms with Gasteiger partial charge >= 0.3 is 12.1 Å². The zero-order valence-corrected chi connectivity index (χ0v) is 26.3. The number of amides is 1. The van der Waals surface area contributed by atoms with Crippen LogP contribution in [0.5, 0.6) is 6.01 Å². The van der Waals surface area contributed by atoms with Crippen molar-refractivity contribution in [3.8, 4) is 12.1 Å². The number of aromatic nitrogens is 2. The lowest BCUT2D eigenvalue weighted by Crippen LogP contribution is -2.56. The average Bonchev–Trinajstić information content (AvgIpc) is 3.43. The number of nitrogens with zero attached hydrogens (tertiary/aromatic N) is 7. The van der Waals surface area contributed by atoms with Gasteiger partial charge in [-0.3, -0.25) is 0 Å². The first-order valence-electron chi connectivity index (χ1n) is 15.7. The van der Waals surface area contributed by atoms with Gasteiger partial charge in [-0.25, -0.2) is 4.79 Å². The van der Waals surface area contributed by atoms with Crippen LogP contribution in [0.25, 0.3) is 10.8 Å². The molecule has 10 heteroatoms. The number of likely N-dealkylation sites (tertiary alicyclic amines) is 1. The maximum Gasteiger partial charge on any atom is 0.410 e. The minimum atomic E-state index is -0.604. The predicted molar refractivity (Wildman–Crippen MR) is 171 cm³/mol. The molecule has 44 heavy (non-hydrogen) atoms. The van der Waals surface area contributed by atoms with Crippen LogP contribution < -0.4 is 14.5 Å². The molecule has 1 amide bonds. The summed E-state index contributed by atoms with van der Waals surface area (Å²) in [7, 11) is 2.14. The first-order valence-corrected chi connectivity index (χ1v) is 15.7. The summed E-state index contributed by atoms with van der Waals surface area (Å²) in [5.74, 6) is 1.31. The van der Waals surface area contributed by atoms with E-state index in [1.54, 1.807) is 4.90 Å². The fourth-order valence-electron chi connectivity index (χ4n) is 6.65. The van der Waals surface area contributed by atoms with Crippen LogP contribution in [-0.4, -0.2) is 90.4 Å². The van der Waals surface area contributed by atoms with E-state index in [0.717, 1.165) is 49.6 Å². The lowest BCUT2D eigenvalue weighted by molar-refractivity contribution is 0.0144. The van der Waals surface area contributed by atoms with Gasteiger partial charge in [0.2, 0.25) is 0 Å². The molecule has 2 saturated heterocycles. The Bertz CT molecular complexity index is 1540. The molecule has 2 aromatic carbocycles. The zero-order valence-electron chi connectivity index (χ0n) is 26.3. The van der Waals surface area contributed by atoms with Gasteiger partial charge in [-0.2, -0.15) is 15.2 Å². The molecule has 3 aromatic rings. The molecule has 2 fully saturated rings. The van der Waals surface area contributed by atoms with E-state index >= 15 is 0 Å². The standard InChI is InChI=1S/C34H43N7O3/c1-34(2,3)44-33(42)41-19-18-40(21-26(41)12-15-35)31-28-14-17-39(30-11-7-9-25-8-5-6-10-27(25)30)22-29(28)36-32(37-31)43-23-24-13-16-38(4)20-24/h5-11,24,26H,12-14,16-23H2,1-4H3/t24-,26-/m1/s1. The Morgan fingerprint density at radius 1 is 1.02 bits per heavy atom. The largest absolute Gasteiger partial charge is 0.463 e. The minimum absolute atomic E-state index is 0.219. The number of anilines is 2. The number of carbonyl (C=O) groups excluding carboxylic acids is 1. The molecule has 232 valence electrons. The van der Waals surface area contributed by atoms with Gasteiger partial charge in [-0.15, -0.1) is 0 Å². The van der Waals surface area contributed by atoms with Crippen molar-refractivity contribution >= 4 is 28.4 Å². The molecule has 10 nitrogen and oxygen atoms in total. The molecule has 0 spiro atoms. The Balaban J connectivity index is 1.30. The van der Waals surface area contributed by atoms with Gasteiger partial charge in [0.1, 0.15) is 11.4 Å². The van der Waals surface area contributed by atoms with E-state index in [4.69, 9.17) is 19.4 Å². The van der Waals surface area contributed by atoms with Crippen LogP contribution in [0.2, 0.25) is 0 Å². The molecule has 1 aromatic heterocycles. The molecule has 6 rings (SSSR count). The van der Waals surface area contributed by atoms with Gasteiger partial charge in [0, 0.05) is 55.3 Å². The molecular formula is C34H43N7O3. The van der Waals surface area contributed by atoms with Gasteiger partial charge in [-0.1, -0.05) is 36.4 Å². The molecule has 0 bridgehead atoms. The number of piperazine rings is 1. The molecular weight excluding hydrogens is 554 g/mol. The summed E-state index contributed by atoms with van der Waals surface area (Å²) in [6, 6.07) is 17.3. The number of rotatable bonds is 6. The van der Waals surface area contributed by atoms with Crippen LogP contribution in [0.3, 0.4) is 0 Å². The minimum Gasteiger partial charge on any atom is -0.463 e. The van der Waals surface area contributed by atoms with Crippen LogP contribution in [0, 0.1) is 17.2 Å². The Kier molecular flexibility index (Phi) is 8.50. The lowest BCUT2D eigenvalue weighted by atomic mass is 10.0. The number of hydrogen-bond donors (Lipinski definition) is 0. The van der Waals surface area contributed by atoms with Crippen molar-refractivity contribution in [2.75, 3.05) is 62.7 Å². The molecule has 0 unspecified atom stereocenters. The van der Waals surface area contributed by atoms with Crippen molar-refractivity contribution in [1.29, 1.82) is 5.26 Å². The van der Waals surface area contributed by atoms with Gasteiger partial charge in [0.25, 0.3) is 0 Å². The number of hydrogen-bond acceptors (Lipinski definition) is 9. The highest BCUT2D eigenvalue weighted by Gasteiger charge is 2.36. The van der Waals surface area contributed by atoms with E-state index in [1.165, 1.54) is 16.5 Å². The first kappa shape index (κ1) is 29.9. The summed E-state index contributed by atoms with van der Waals surface area (Å²) in [6.45, 7) is 11.3. The molecule has 0 N–H and O–H groups in total. The predicted octanol–water partition coefficient (Wildman–Crippen LogP) is 4.86. The van der Waals surface area contributed by atoms with Gasteiger partial charge in [-0.05, 0) is 58.7 Å². The topological polar surface area (TPSA) is 98.1 Å². The van der Waals surface area contributed by atoms with Crippen LogP contribution in [0.15, 0.2) is 42.5 Å². The van der Waals surface area contributed by atoms with E-state index in [1.807, 2.05) is 20.8 Å². The van der Waals surface area contributed by atoms with E-state index in [0.29, 0.717) is 44.7 Å². The molecule has 0 radical (unpaired) electrons. The van der Waals surface area contributed by atoms with Crippen molar-refractivity contribution in [2.45, 2.75) is 58.2 Å². The normalized spacial score (nSPS) is 20.8. The fourth-order valence-corrected chi connectivity index (χ4v) is 6.65. The van der Waals surface area contributed by atoms with Crippen LogP contribution in [0.4, 0.5) is 16.3 Å². The summed E-state index contributed by atoms with van der Waals surface area (Å²) in [4.78, 5) is 31.7. The third-order valence-electron chi connectivity index (χ3n) is 8.80. The van der Waals surface area contributed by atoms with Crippen LogP contribution in [0.1, 0.15) is 44.9 Å². The summed E-state index contributed by atoms with van der Waals surface area (Å²) in [5, 5.41) is 12.1. The van der Waals surface area contributed by atoms with E-state index in [-0.39, 0.29) is 18.6 Å². The SMILES string of the molecule is CN1CC[C@@H](COc2nc3c(c(N4CCN(C(=O)OC(C)(C)C)[C@H](CC#N)C4)n2)CCN(c2cccc4ccccc24)C3)C1. The van der Waals surface area contributed by atoms with Gasteiger partial charge in [0.05, 0.1) is 37.4 Å².